The molecule has 0 amide bonds. The zero-order valence-electron chi connectivity index (χ0n) is 12.5. The van der Waals surface area contributed by atoms with Crippen LogP contribution in [0.1, 0.15) is 23.9 Å². The molecule has 0 radical (unpaired) electrons. The number of benzene rings is 1. The van der Waals surface area contributed by atoms with E-state index in [1.54, 1.807) is 37.6 Å². The van der Waals surface area contributed by atoms with Gasteiger partial charge in [0, 0.05) is 0 Å². The molecule has 0 saturated heterocycles. The van der Waals surface area contributed by atoms with Crippen LogP contribution >= 0.6 is 0 Å². The first kappa shape index (κ1) is 15.7. The molecule has 0 atom stereocenters. The molecule has 2 rings (SSSR count). The molecule has 1 heterocycles. The van der Waals surface area contributed by atoms with Crippen molar-refractivity contribution in [2.24, 2.45) is 5.16 Å². The van der Waals surface area contributed by atoms with Gasteiger partial charge in [0.15, 0.2) is 5.71 Å². The molecule has 22 heavy (non-hydrogen) atoms. The Morgan fingerprint density at radius 1 is 1.36 bits per heavy atom. The van der Waals surface area contributed by atoms with Gasteiger partial charge in [-0.15, -0.1) is 0 Å². The number of hydrogen-bond donors (Lipinski definition) is 1. The van der Waals surface area contributed by atoms with E-state index in [1.807, 2.05) is 0 Å². The highest BCUT2D eigenvalue weighted by atomic mass is 19.1. The van der Waals surface area contributed by atoms with Gasteiger partial charge in [-0.25, -0.2) is 13.9 Å². The van der Waals surface area contributed by atoms with Crippen LogP contribution in [0.5, 0.6) is 0 Å². The van der Waals surface area contributed by atoms with Crippen LogP contribution in [0.3, 0.4) is 0 Å². The number of oxime groups is 1. The van der Waals surface area contributed by atoms with Crippen molar-refractivity contribution in [3.63, 3.8) is 0 Å². The number of esters is 1. The fourth-order valence-electron chi connectivity index (χ4n) is 2.21. The van der Waals surface area contributed by atoms with E-state index in [4.69, 9.17) is 9.94 Å². The number of carbonyl (C=O) groups is 1. The van der Waals surface area contributed by atoms with Crippen molar-refractivity contribution in [2.45, 2.75) is 20.8 Å². The molecule has 7 heteroatoms. The number of aryl methyl sites for hydroxylation is 1. The standard InChI is InChI=1S/C15H16FN3O3/c1-4-22-15(20)14(18-21)13-9(2)17-19(10(13)3)12-7-5-11(16)6-8-12/h5-8,21H,4H2,1-3H3/b18-14+. The van der Waals surface area contributed by atoms with Crippen molar-refractivity contribution in [3.8, 4) is 5.69 Å². The smallest absolute Gasteiger partial charge is 0.361 e. The molecule has 0 aliphatic carbocycles. The first-order chi connectivity index (χ1) is 10.5. The van der Waals surface area contributed by atoms with E-state index in [1.165, 1.54) is 12.1 Å². The minimum Gasteiger partial charge on any atom is -0.461 e. The summed E-state index contributed by atoms with van der Waals surface area (Å²) < 4.78 is 19.4. The van der Waals surface area contributed by atoms with E-state index >= 15 is 0 Å². The first-order valence-electron chi connectivity index (χ1n) is 6.71. The maximum Gasteiger partial charge on any atom is 0.361 e. The van der Waals surface area contributed by atoms with Gasteiger partial charge in [0.05, 0.1) is 29.2 Å². The Labute approximate surface area is 126 Å². The molecule has 0 bridgehead atoms. The summed E-state index contributed by atoms with van der Waals surface area (Å²) in [5, 5.41) is 16.5. The van der Waals surface area contributed by atoms with E-state index in [9.17, 15) is 9.18 Å². The van der Waals surface area contributed by atoms with Crippen molar-refractivity contribution in [2.75, 3.05) is 6.61 Å². The largest absolute Gasteiger partial charge is 0.461 e. The predicted octanol–water partition coefficient (Wildman–Crippen LogP) is 2.37. The third kappa shape index (κ3) is 2.83. The minimum absolute atomic E-state index is 0.169. The van der Waals surface area contributed by atoms with Crippen LogP contribution in [-0.2, 0) is 9.53 Å². The molecule has 0 spiro atoms. The van der Waals surface area contributed by atoms with Crippen molar-refractivity contribution in [3.05, 3.63) is 47.0 Å². The highest BCUT2D eigenvalue weighted by Crippen LogP contribution is 2.19. The topological polar surface area (TPSA) is 76.7 Å². The molecule has 0 aliphatic heterocycles. The molecule has 116 valence electrons. The summed E-state index contributed by atoms with van der Waals surface area (Å²) >= 11 is 0. The summed E-state index contributed by atoms with van der Waals surface area (Å²) in [6, 6.07) is 5.77. The Balaban J connectivity index is 2.51. The third-order valence-corrected chi connectivity index (χ3v) is 3.17. The van der Waals surface area contributed by atoms with Crippen LogP contribution in [-0.4, -0.2) is 33.3 Å². The summed E-state index contributed by atoms with van der Waals surface area (Å²) in [5.74, 6) is -1.08. The zero-order chi connectivity index (χ0) is 16.3. The van der Waals surface area contributed by atoms with E-state index < -0.39 is 5.97 Å². The Kier molecular flexibility index (Phi) is 4.55. The molecule has 0 saturated carbocycles. The summed E-state index contributed by atoms with van der Waals surface area (Å²) in [6.45, 7) is 5.24. The van der Waals surface area contributed by atoms with Crippen molar-refractivity contribution >= 4 is 11.7 Å². The van der Waals surface area contributed by atoms with Crippen LogP contribution in [0.2, 0.25) is 0 Å². The van der Waals surface area contributed by atoms with Gasteiger partial charge < -0.3 is 9.94 Å². The molecule has 1 aromatic heterocycles. The van der Waals surface area contributed by atoms with Gasteiger partial charge in [-0.3, -0.25) is 0 Å². The summed E-state index contributed by atoms with van der Waals surface area (Å²) in [5.41, 5.74) is 1.91. The molecule has 0 aliphatic rings. The maximum atomic E-state index is 13.0. The van der Waals surface area contributed by atoms with Crippen molar-refractivity contribution < 1.29 is 19.1 Å². The number of nitrogens with zero attached hydrogens (tertiary/aromatic N) is 3. The Morgan fingerprint density at radius 3 is 2.55 bits per heavy atom. The maximum absolute atomic E-state index is 13.0. The van der Waals surface area contributed by atoms with E-state index in [2.05, 4.69) is 10.3 Å². The van der Waals surface area contributed by atoms with Gasteiger partial charge in [-0.2, -0.15) is 5.10 Å². The van der Waals surface area contributed by atoms with E-state index in [0.29, 0.717) is 22.6 Å². The highest BCUT2D eigenvalue weighted by molar-refractivity contribution is 6.43. The molecule has 1 aromatic carbocycles. The lowest BCUT2D eigenvalue weighted by Crippen LogP contribution is -2.20. The Hall–Kier alpha value is -2.70. The Morgan fingerprint density at radius 2 is 2.00 bits per heavy atom. The second-order valence-corrected chi connectivity index (χ2v) is 4.60. The van der Waals surface area contributed by atoms with Crippen LogP contribution < -0.4 is 0 Å². The lowest BCUT2D eigenvalue weighted by molar-refractivity contribution is -0.135. The fraction of sp³-hybridized carbons (Fsp3) is 0.267. The number of hydrogen-bond acceptors (Lipinski definition) is 5. The van der Waals surface area contributed by atoms with Crippen LogP contribution in [0, 0.1) is 19.7 Å². The molecule has 1 N–H and O–H groups in total. The average molecular weight is 305 g/mol. The fourth-order valence-corrected chi connectivity index (χ4v) is 2.21. The zero-order valence-corrected chi connectivity index (χ0v) is 12.5. The highest BCUT2D eigenvalue weighted by Gasteiger charge is 2.24. The summed E-state index contributed by atoms with van der Waals surface area (Å²) in [7, 11) is 0. The van der Waals surface area contributed by atoms with Crippen LogP contribution in [0.4, 0.5) is 4.39 Å². The number of carbonyl (C=O) groups excluding carboxylic acids is 1. The Bertz CT molecular complexity index is 720. The lowest BCUT2D eigenvalue weighted by Gasteiger charge is -2.06. The number of rotatable bonds is 4. The molecular weight excluding hydrogens is 289 g/mol. The average Bonchev–Trinajstić information content (AvgIpc) is 2.78. The second-order valence-electron chi connectivity index (χ2n) is 4.60. The van der Waals surface area contributed by atoms with Gasteiger partial charge in [-0.05, 0) is 45.0 Å². The van der Waals surface area contributed by atoms with Gasteiger partial charge in [0.2, 0.25) is 0 Å². The predicted molar refractivity (Wildman–Crippen MR) is 78.0 cm³/mol. The van der Waals surface area contributed by atoms with Gasteiger partial charge >= 0.3 is 5.97 Å². The molecule has 0 unspecified atom stereocenters. The van der Waals surface area contributed by atoms with Gasteiger partial charge in [-0.1, -0.05) is 5.16 Å². The SMILES string of the molecule is CCOC(=O)/C(=N/O)c1c(C)nn(-c2ccc(F)cc2)c1C. The van der Waals surface area contributed by atoms with Crippen LogP contribution in [0.25, 0.3) is 5.69 Å². The molecule has 0 fully saturated rings. The van der Waals surface area contributed by atoms with Crippen LogP contribution in [0.15, 0.2) is 29.4 Å². The van der Waals surface area contributed by atoms with Crippen molar-refractivity contribution in [1.82, 2.24) is 9.78 Å². The normalized spacial score (nSPS) is 11.5. The van der Waals surface area contributed by atoms with Gasteiger partial charge in [0.1, 0.15) is 5.82 Å². The first-order valence-corrected chi connectivity index (χ1v) is 6.71. The molecule has 6 nitrogen and oxygen atoms in total. The number of aromatic nitrogens is 2. The minimum atomic E-state index is -0.727. The van der Waals surface area contributed by atoms with E-state index in [-0.39, 0.29) is 18.1 Å². The summed E-state index contributed by atoms with van der Waals surface area (Å²) in [4.78, 5) is 11.9. The monoisotopic (exact) mass is 305 g/mol. The molecule has 2 aromatic rings. The quantitative estimate of drug-likeness (QED) is 0.407. The van der Waals surface area contributed by atoms with Gasteiger partial charge in [0.25, 0.3) is 0 Å². The lowest BCUT2D eigenvalue weighted by atomic mass is 10.1. The second kappa shape index (κ2) is 6.38. The third-order valence-electron chi connectivity index (χ3n) is 3.17. The van der Waals surface area contributed by atoms with E-state index in [0.717, 1.165) is 0 Å². The number of halogens is 1. The number of ether oxygens (including phenoxy) is 1. The molecular formula is C15H16FN3O3. The summed E-state index contributed by atoms with van der Waals surface area (Å²) in [6.07, 6.45) is 0. The van der Waals surface area contributed by atoms with Crippen molar-refractivity contribution in [1.29, 1.82) is 0 Å².